The van der Waals surface area contributed by atoms with Crippen LogP contribution in [0.2, 0.25) is 0 Å². The molecule has 9 rings (SSSR count). The van der Waals surface area contributed by atoms with Gasteiger partial charge in [0.15, 0.2) is 0 Å². The number of aromatic nitrogens is 10. The van der Waals surface area contributed by atoms with Gasteiger partial charge in [-0.3, -0.25) is 29.9 Å². The third-order valence-electron chi connectivity index (χ3n) is 6.77. The van der Waals surface area contributed by atoms with Gasteiger partial charge in [0.25, 0.3) is 0 Å². The van der Waals surface area contributed by atoms with Crippen LogP contribution in [0.1, 0.15) is 6.92 Å². The van der Waals surface area contributed by atoms with Crippen LogP contribution in [-0.2, 0) is 43.8 Å². The molecule has 0 aliphatic carbocycles. The Kier molecular flexibility index (Phi) is 27.5. The fourth-order valence-electron chi connectivity index (χ4n) is 4.32. The van der Waals surface area contributed by atoms with Crippen LogP contribution >= 0.6 is 31.5 Å². The standard InChI is InChI=1S/C23H14BrN6.4C5H5N.C2H4O2.2F6P.2Ru/c24-21-22(19-11-5-9-17(27-19)15-7-1-3-13-25-15)29-30-23(21)20-12-6-10-18(28-20)16-8-2-4-14-26-16;4*1-2-4-6-5-3-1;1-2(3)4;2*1-7(2,3,4,5)6;;/h1-14H;4*1-5H;1H3,(H,3,4);;;;/q-1;;;;;;2*-1;2*+2/p-1. The number of aliphatic carboxylic acids is 1. The number of hydrogen-bond donors (Lipinski definition) is 0. The van der Waals surface area contributed by atoms with Crippen LogP contribution in [0.15, 0.2) is 212 Å². The average molecular weight is 1320 g/mol. The Labute approximate surface area is 448 Å². The predicted octanol–water partition coefficient (Wildman–Crippen LogP) is 14.9. The zero-order chi connectivity index (χ0) is 53.7. The van der Waals surface area contributed by atoms with Gasteiger partial charge in [-0.25, -0.2) is 9.97 Å². The molecule has 29 heteroatoms. The number of carbonyl (C=O) groups excluding carboxylic acids is 1. The molecule has 74 heavy (non-hydrogen) atoms. The number of carboxylic acid groups (broad SMARTS) is 1. The summed E-state index contributed by atoms with van der Waals surface area (Å²) in [7, 11) is -21.3. The molecule has 0 unspecified atom stereocenters. The first kappa shape index (κ1) is 67.6. The summed E-state index contributed by atoms with van der Waals surface area (Å²) in [5.41, 5.74) is 5.91. The summed E-state index contributed by atoms with van der Waals surface area (Å²) in [4.78, 5) is 42.2. The van der Waals surface area contributed by atoms with Crippen molar-refractivity contribution in [3.63, 3.8) is 0 Å². The summed E-state index contributed by atoms with van der Waals surface area (Å²) < 4.78 is 119. The molecule has 0 saturated carbocycles. The second-order valence-electron chi connectivity index (χ2n) is 13.0. The van der Waals surface area contributed by atoms with Crippen LogP contribution in [0.3, 0.4) is 0 Å². The fraction of sp³-hybridized carbons (Fsp3) is 0.0222. The molecule has 9 heterocycles. The third kappa shape index (κ3) is 40.1. The van der Waals surface area contributed by atoms with Gasteiger partial charge < -0.3 is 20.1 Å². The smallest absolute Gasteiger partial charge is 0.265 e. The molecule has 0 bridgehead atoms. The normalized spacial score (nSPS) is 11.7. The van der Waals surface area contributed by atoms with Crippen molar-refractivity contribution in [1.82, 2.24) is 50.1 Å². The second-order valence-corrected chi connectivity index (χ2v) is 17.6. The topological polar surface area (TPSA) is 170 Å². The van der Waals surface area contributed by atoms with Gasteiger partial charge in [0.1, 0.15) is 0 Å². The first-order chi connectivity index (χ1) is 33.4. The van der Waals surface area contributed by atoms with Crippen LogP contribution < -0.4 is 10.2 Å². The van der Waals surface area contributed by atoms with Crippen LogP contribution in [-0.4, -0.2) is 50.9 Å². The summed E-state index contributed by atoms with van der Waals surface area (Å²) in [5, 5.41) is 17.6. The van der Waals surface area contributed by atoms with Crippen molar-refractivity contribution in [3.8, 4) is 45.6 Å². The van der Waals surface area contributed by atoms with Crippen molar-refractivity contribution in [2.24, 2.45) is 0 Å². The summed E-state index contributed by atoms with van der Waals surface area (Å²) >= 11 is 3.65. The maximum Gasteiger partial charge on any atom is 2.00 e. The van der Waals surface area contributed by atoms with Crippen molar-refractivity contribution in [1.29, 1.82) is 0 Å². The van der Waals surface area contributed by atoms with E-state index in [1.807, 2.05) is 146 Å². The van der Waals surface area contributed by atoms with Gasteiger partial charge in [0.2, 0.25) is 0 Å². The molecule has 9 aromatic rings. The van der Waals surface area contributed by atoms with Gasteiger partial charge in [-0.2, -0.15) is 0 Å². The summed E-state index contributed by atoms with van der Waals surface area (Å²) in [5.74, 6) is -1.08. The molecule has 0 radical (unpaired) electrons. The van der Waals surface area contributed by atoms with Crippen LogP contribution in [0.25, 0.3) is 45.6 Å². The zero-order valence-electron chi connectivity index (χ0n) is 37.4. The number of rotatable bonds is 4. The fourth-order valence-corrected chi connectivity index (χ4v) is 4.89. The van der Waals surface area contributed by atoms with Gasteiger partial charge in [0.05, 0.1) is 39.9 Å². The van der Waals surface area contributed by atoms with Gasteiger partial charge in [0, 0.05) is 72.4 Å². The van der Waals surface area contributed by atoms with Gasteiger partial charge in [-0.1, -0.05) is 54.2 Å². The van der Waals surface area contributed by atoms with E-state index in [4.69, 9.17) is 19.9 Å². The van der Waals surface area contributed by atoms with E-state index in [9.17, 15) is 50.4 Å². The third-order valence-corrected chi connectivity index (χ3v) is 7.52. The van der Waals surface area contributed by atoms with E-state index in [2.05, 4.69) is 56.0 Å². The number of pyridine rings is 8. The molecule has 0 N–H and O–H groups in total. The Balaban J connectivity index is 0.000000984. The number of hydrogen-bond acceptors (Lipinski definition) is 11. The Morgan fingerprint density at radius 1 is 0.419 bits per heavy atom. The molecule has 0 aliphatic heterocycles. The molecule has 0 amide bonds. The monoisotopic (exact) mass is 1320 g/mol. The van der Waals surface area contributed by atoms with E-state index in [1.165, 1.54) is 0 Å². The van der Waals surface area contributed by atoms with E-state index in [1.54, 1.807) is 62.0 Å². The van der Waals surface area contributed by atoms with E-state index >= 15 is 0 Å². The van der Waals surface area contributed by atoms with Crippen molar-refractivity contribution in [3.05, 3.63) is 212 Å². The summed E-state index contributed by atoms with van der Waals surface area (Å²) in [6.45, 7) is 0.972. The minimum absolute atomic E-state index is 0. The average Bonchev–Trinajstić information content (AvgIpc) is 3.74. The second kappa shape index (κ2) is 30.1. The van der Waals surface area contributed by atoms with Gasteiger partial charge >= 0.3 is 105 Å². The molecule has 0 atom stereocenters. The minimum Gasteiger partial charge on any atom is -0.265 e. The molecule has 0 spiro atoms. The van der Waals surface area contributed by atoms with Crippen molar-refractivity contribution in [2.45, 2.75) is 6.92 Å². The quantitative estimate of drug-likeness (QED) is 0.0929. The molecule has 396 valence electrons. The summed E-state index contributed by atoms with van der Waals surface area (Å²) in [6, 6.07) is 45.9. The molecule has 12 nitrogen and oxygen atoms in total. The van der Waals surface area contributed by atoms with Crippen molar-refractivity contribution in [2.75, 3.05) is 0 Å². The number of carboxylic acids is 1. The zero-order valence-corrected chi connectivity index (χ0v) is 44.3. The Bertz CT molecular complexity index is 2530. The predicted molar refractivity (Wildman–Crippen MR) is 253 cm³/mol. The molecule has 0 aromatic carbocycles. The van der Waals surface area contributed by atoms with E-state index in [0.717, 1.165) is 34.2 Å². The van der Waals surface area contributed by atoms with Crippen molar-refractivity contribution >= 4 is 37.5 Å². The van der Waals surface area contributed by atoms with E-state index < -0.39 is 21.6 Å². The minimum atomic E-state index is -10.7. The Morgan fingerprint density at radius 3 is 0.932 bits per heavy atom. The maximum absolute atomic E-state index is 10.7. The number of nitrogens with zero attached hydrogens (tertiary/aromatic N) is 10. The SMILES string of the molecule is Brc1c(-c2cccc(-c3ccccn3)n2)n[n-]c1-c1cccc(-c2ccccn2)n1.CC(=O)[O-].F[P-](F)(F)(F)(F)F.F[P-](F)(F)(F)(F)F.[Ru+2].[Ru+2].c1ccncc1.c1ccncc1.c1ccncc1.c1ccncc1. The van der Waals surface area contributed by atoms with Crippen LogP contribution in [0, 0.1) is 0 Å². The molecular weight excluding hydrogens is 1280 g/mol. The first-order valence-electron chi connectivity index (χ1n) is 19.6. The largest absolute Gasteiger partial charge is 2.00 e. The van der Waals surface area contributed by atoms with E-state index in [-0.39, 0.29) is 39.0 Å². The Hall–Kier alpha value is -6.37. The molecule has 0 aliphatic rings. The first-order valence-corrected chi connectivity index (χ1v) is 24.4. The molecule has 9 aromatic heterocycles. The van der Waals surface area contributed by atoms with E-state index in [0.29, 0.717) is 22.8 Å². The molecule has 0 fully saturated rings. The summed E-state index contributed by atoms with van der Waals surface area (Å²) in [6.07, 6.45) is 17.5. The number of carbonyl (C=O) groups is 1. The van der Waals surface area contributed by atoms with Crippen molar-refractivity contribution < 1.29 is 99.2 Å². The van der Waals surface area contributed by atoms with Gasteiger partial charge in [-0.15, -0.1) is 0 Å². The Morgan fingerprint density at radius 2 is 0.676 bits per heavy atom. The maximum atomic E-state index is 9.87. The van der Waals surface area contributed by atoms with Crippen LogP contribution in [0.4, 0.5) is 50.4 Å². The van der Waals surface area contributed by atoms with Gasteiger partial charge in [-0.05, 0) is 120 Å². The molecular formula is C45H37BrF12N10O2P2Ru2. The molecule has 0 saturated heterocycles. The number of halogens is 13. The van der Waals surface area contributed by atoms with Crippen LogP contribution in [0.5, 0.6) is 0 Å².